The first-order valence-electron chi connectivity index (χ1n) is 9.40. The number of hydrogen-bond donors (Lipinski definition) is 1. The molecule has 1 heterocycles. The third-order valence-electron chi connectivity index (χ3n) is 5.23. The van der Waals surface area contributed by atoms with Gasteiger partial charge in [0.2, 0.25) is 5.91 Å². The molecule has 2 aliphatic rings. The topological polar surface area (TPSA) is 58.6 Å². The molecule has 136 valence electrons. The molecule has 2 atom stereocenters. The van der Waals surface area contributed by atoms with Gasteiger partial charge in [0.25, 0.3) is 5.91 Å². The molecule has 5 nitrogen and oxygen atoms in total. The molecule has 1 aliphatic carbocycles. The van der Waals surface area contributed by atoms with Crippen molar-refractivity contribution in [3.63, 3.8) is 0 Å². The van der Waals surface area contributed by atoms with E-state index in [2.05, 4.69) is 5.32 Å². The lowest BCUT2D eigenvalue weighted by Crippen LogP contribution is -2.51. The van der Waals surface area contributed by atoms with Crippen LogP contribution in [0.5, 0.6) is 0 Å². The van der Waals surface area contributed by atoms with Crippen LogP contribution < -0.4 is 5.32 Å². The predicted octanol–water partition coefficient (Wildman–Crippen LogP) is 2.53. The zero-order chi connectivity index (χ0) is 17.6. The molecule has 1 saturated carbocycles. The molecule has 1 N–H and O–H groups in total. The number of amides is 2. The van der Waals surface area contributed by atoms with E-state index in [1.807, 2.05) is 36.1 Å². The molecule has 0 aromatic heterocycles. The maximum Gasteiger partial charge on any atom is 0.254 e. The Balaban J connectivity index is 1.88. The van der Waals surface area contributed by atoms with Crippen molar-refractivity contribution in [3.05, 3.63) is 35.4 Å². The van der Waals surface area contributed by atoms with Gasteiger partial charge in [-0.2, -0.15) is 0 Å². The van der Waals surface area contributed by atoms with Crippen molar-refractivity contribution in [2.75, 3.05) is 26.3 Å². The van der Waals surface area contributed by atoms with Crippen molar-refractivity contribution in [1.82, 2.24) is 10.2 Å². The second-order valence-corrected chi connectivity index (χ2v) is 7.08. The number of ether oxygens (including phenoxy) is 1. The van der Waals surface area contributed by atoms with E-state index in [1.165, 1.54) is 0 Å². The number of hydrogen-bond acceptors (Lipinski definition) is 3. The molecule has 2 fully saturated rings. The van der Waals surface area contributed by atoms with Gasteiger partial charge in [-0.3, -0.25) is 9.59 Å². The van der Waals surface area contributed by atoms with Gasteiger partial charge in [0.1, 0.15) is 0 Å². The fraction of sp³-hybridized carbons (Fsp3) is 0.600. The summed E-state index contributed by atoms with van der Waals surface area (Å²) in [4.78, 5) is 27.8. The fourth-order valence-corrected chi connectivity index (χ4v) is 3.97. The molecule has 5 heteroatoms. The molecule has 1 aromatic rings. The molecule has 0 unspecified atom stereocenters. The van der Waals surface area contributed by atoms with Crippen molar-refractivity contribution < 1.29 is 14.3 Å². The van der Waals surface area contributed by atoms with Gasteiger partial charge in [0.05, 0.1) is 12.5 Å². The first-order chi connectivity index (χ1) is 12.2. The molecular weight excluding hydrogens is 316 g/mol. The lowest BCUT2D eigenvalue weighted by atomic mass is 9.82. The van der Waals surface area contributed by atoms with E-state index in [0.717, 1.165) is 37.7 Å². The molecule has 1 aromatic carbocycles. The minimum atomic E-state index is -0.111. The Morgan fingerprint density at radius 3 is 2.88 bits per heavy atom. The average molecular weight is 344 g/mol. The molecule has 1 saturated heterocycles. The molecule has 0 bridgehead atoms. The number of carbonyl (C=O) groups excluding carboxylic acids is 2. The molecule has 3 rings (SSSR count). The van der Waals surface area contributed by atoms with Gasteiger partial charge >= 0.3 is 0 Å². The number of carbonyl (C=O) groups is 2. The maximum absolute atomic E-state index is 13.2. The van der Waals surface area contributed by atoms with Crippen molar-refractivity contribution in [2.45, 2.75) is 45.1 Å². The summed E-state index contributed by atoms with van der Waals surface area (Å²) < 4.78 is 5.57. The smallest absolute Gasteiger partial charge is 0.254 e. The minimum absolute atomic E-state index is 0.0140. The number of nitrogens with zero attached hydrogens (tertiary/aromatic N) is 1. The summed E-state index contributed by atoms with van der Waals surface area (Å²) in [5.74, 6) is -0.00880. The van der Waals surface area contributed by atoms with Crippen molar-refractivity contribution in [2.24, 2.45) is 5.92 Å². The van der Waals surface area contributed by atoms with Crippen LogP contribution in [0.1, 0.15) is 48.0 Å². The predicted molar refractivity (Wildman–Crippen MR) is 96.4 cm³/mol. The third kappa shape index (κ3) is 4.40. The summed E-state index contributed by atoms with van der Waals surface area (Å²) in [6.45, 7) is 4.34. The highest BCUT2D eigenvalue weighted by atomic mass is 16.5. The Labute approximate surface area is 149 Å². The van der Waals surface area contributed by atoms with E-state index in [1.54, 1.807) is 0 Å². The van der Waals surface area contributed by atoms with Crippen LogP contribution in [0.25, 0.3) is 0 Å². The third-order valence-corrected chi connectivity index (χ3v) is 5.23. The summed E-state index contributed by atoms with van der Waals surface area (Å²) in [6, 6.07) is 7.70. The van der Waals surface area contributed by atoms with Crippen molar-refractivity contribution in [1.29, 1.82) is 0 Å². The van der Waals surface area contributed by atoms with Crippen LogP contribution in [0.15, 0.2) is 24.3 Å². The van der Waals surface area contributed by atoms with E-state index in [-0.39, 0.29) is 23.8 Å². The zero-order valence-corrected chi connectivity index (χ0v) is 15.0. The number of nitrogens with one attached hydrogen (secondary N) is 1. The molecule has 0 radical (unpaired) electrons. The number of benzene rings is 1. The summed E-state index contributed by atoms with van der Waals surface area (Å²) in [7, 11) is 0. The van der Waals surface area contributed by atoms with Gasteiger partial charge in [-0.1, -0.05) is 30.5 Å². The Morgan fingerprint density at radius 2 is 2.04 bits per heavy atom. The van der Waals surface area contributed by atoms with Crippen LogP contribution >= 0.6 is 0 Å². The Kier molecular flexibility index (Phi) is 6.08. The number of fused-ring (bicyclic) bond motifs is 1. The highest BCUT2D eigenvalue weighted by Gasteiger charge is 2.37. The zero-order valence-electron chi connectivity index (χ0n) is 15.0. The number of aryl methyl sites for hydroxylation is 1. The first-order valence-corrected chi connectivity index (χ1v) is 9.40. The second kappa shape index (κ2) is 8.48. The molecule has 1 aliphatic heterocycles. The van der Waals surface area contributed by atoms with Gasteiger partial charge in [0, 0.05) is 31.3 Å². The Hall–Kier alpha value is -1.88. The normalized spacial score (nSPS) is 25.5. The van der Waals surface area contributed by atoms with Crippen molar-refractivity contribution >= 4 is 11.8 Å². The van der Waals surface area contributed by atoms with E-state index >= 15 is 0 Å². The summed E-state index contributed by atoms with van der Waals surface area (Å²) in [5, 5.41) is 2.99. The lowest BCUT2D eigenvalue weighted by molar-refractivity contribution is -0.128. The first kappa shape index (κ1) is 17.9. The summed E-state index contributed by atoms with van der Waals surface area (Å²) >= 11 is 0. The van der Waals surface area contributed by atoms with E-state index in [4.69, 9.17) is 4.74 Å². The second-order valence-electron chi connectivity index (χ2n) is 7.08. The van der Waals surface area contributed by atoms with Crippen LogP contribution in [0, 0.1) is 12.8 Å². The van der Waals surface area contributed by atoms with E-state index in [9.17, 15) is 9.59 Å². The monoisotopic (exact) mass is 344 g/mol. The Morgan fingerprint density at radius 1 is 1.20 bits per heavy atom. The maximum atomic E-state index is 13.2. The standard InChI is InChI=1S/C20H28N2O3/c1-15-6-4-7-16(14-15)20(24)22-11-5-12-25-13-10-21-19(23)17-8-2-3-9-18(17)22/h4,6-7,14,17-18H,2-3,5,8-13H2,1H3,(H,21,23)/t17-,18+/m1/s1. The largest absolute Gasteiger partial charge is 0.380 e. The highest BCUT2D eigenvalue weighted by Crippen LogP contribution is 2.30. The van der Waals surface area contributed by atoms with Crippen LogP contribution in [0.2, 0.25) is 0 Å². The summed E-state index contributed by atoms with van der Waals surface area (Å²) in [6.07, 6.45) is 4.68. The van der Waals surface area contributed by atoms with Gasteiger partial charge in [-0.25, -0.2) is 0 Å². The van der Waals surface area contributed by atoms with Gasteiger partial charge < -0.3 is 15.0 Å². The minimum Gasteiger partial charge on any atom is -0.380 e. The Bertz CT molecular complexity index is 617. The molecule has 0 spiro atoms. The number of rotatable bonds is 1. The van der Waals surface area contributed by atoms with E-state index < -0.39 is 0 Å². The van der Waals surface area contributed by atoms with Crippen LogP contribution in [0.4, 0.5) is 0 Å². The molecule has 25 heavy (non-hydrogen) atoms. The van der Waals surface area contributed by atoms with Gasteiger partial charge in [-0.15, -0.1) is 0 Å². The average Bonchev–Trinajstić information content (AvgIpc) is 2.66. The molecular formula is C20H28N2O3. The van der Waals surface area contributed by atoms with Crippen LogP contribution in [-0.2, 0) is 9.53 Å². The van der Waals surface area contributed by atoms with Crippen molar-refractivity contribution in [3.8, 4) is 0 Å². The highest BCUT2D eigenvalue weighted by molar-refractivity contribution is 5.95. The SMILES string of the molecule is Cc1cccc(C(=O)N2CCCOCCNC(=O)[C@@H]3CCCC[C@@H]32)c1. The van der Waals surface area contributed by atoms with Gasteiger partial charge in [0.15, 0.2) is 0 Å². The molecule has 2 amide bonds. The lowest BCUT2D eigenvalue weighted by Gasteiger charge is -2.39. The fourth-order valence-electron chi connectivity index (χ4n) is 3.97. The van der Waals surface area contributed by atoms with Gasteiger partial charge in [-0.05, 0) is 38.3 Å². The quantitative estimate of drug-likeness (QED) is 0.852. The van der Waals surface area contributed by atoms with Crippen LogP contribution in [-0.4, -0.2) is 49.1 Å². The summed E-state index contributed by atoms with van der Waals surface area (Å²) in [5.41, 5.74) is 1.78. The van der Waals surface area contributed by atoms with Crippen LogP contribution in [0.3, 0.4) is 0 Å². The van der Waals surface area contributed by atoms with E-state index in [0.29, 0.717) is 31.9 Å².